The molecule has 1 aromatic rings. The average Bonchev–Trinajstić information content (AvgIpc) is 2.67. The molecule has 1 aromatic heterocycles. The molecule has 0 bridgehead atoms. The Morgan fingerprint density at radius 1 is 1.53 bits per heavy atom. The van der Waals surface area contributed by atoms with Gasteiger partial charge in [0.25, 0.3) is 0 Å². The van der Waals surface area contributed by atoms with Crippen LogP contribution in [0.1, 0.15) is 37.0 Å². The fraction of sp³-hybridized carbons (Fsp3) is 0.667. The van der Waals surface area contributed by atoms with E-state index in [4.69, 9.17) is 10.2 Å². The predicted octanol–water partition coefficient (Wildman–Crippen LogP) is 1.72. The number of hydrogen-bond donors (Lipinski definition) is 2. The molecule has 15 heavy (non-hydrogen) atoms. The Hall–Kier alpha value is -0.800. The summed E-state index contributed by atoms with van der Waals surface area (Å²) < 4.78 is 5.35. The monoisotopic (exact) mass is 209 g/mol. The Morgan fingerprint density at radius 3 is 2.67 bits per heavy atom. The van der Waals surface area contributed by atoms with E-state index in [1.54, 1.807) is 6.26 Å². The van der Waals surface area contributed by atoms with E-state index in [9.17, 15) is 5.11 Å². The van der Waals surface area contributed by atoms with Crippen molar-refractivity contribution in [3.8, 4) is 0 Å². The maximum Gasteiger partial charge on any atom is 0.104 e. The van der Waals surface area contributed by atoms with Crippen LogP contribution >= 0.6 is 0 Å². The van der Waals surface area contributed by atoms with E-state index in [0.29, 0.717) is 6.54 Å². The molecule has 1 aliphatic rings. The molecule has 1 fully saturated rings. The van der Waals surface area contributed by atoms with Crippen LogP contribution < -0.4 is 5.73 Å². The Bertz CT molecular complexity index is 324. The first-order valence-electron chi connectivity index (χ1n) is 5.61. The van der Waals surface area contributed by atoms with Crippen molar-refractivity contribution in [2.75, 3.05) is 6.54 Å². The van der Waals surface area contributed by atoms with Crippen molar-refractivity contribution in [1.29, 1.82) is 0 Å². The number of aliphatic hydroxyl groups excluding tert-OH is 1. The molecule has 3 nitrogen and oxygen atoms in total. The quantitative estimate of drug-likeness (QED) is 0.779. The zero-order chi connectivity index (χ0) is 10.9. The van der Waals surface area contributed by atoms with Crippen LogP contribution in [0.5, 0.6) is 0 Å². The van der Waals surface area contributed by atoms with Gasteiger partial charge in [-0.3, -0.25) is 0 Å². The molecule has 84 valence electrons. The first-order chi connectivity index (χ1) is 7.18. The lowest BCUT2D eigenvalue weighted by Crippen LogP contribution is -2.40. The highest BCUT2D eigenvalue weighted by Gasteiger charge is 2.37. The third kappa shape index (κ3) is 1.82. The molecule has 1 aliphatic carbocycles. The van der Waals surface area contributed by atoms with Crippen molar-refractivity contribution in [3.63, 3.8) is 0 Å². The van der Waals surface area contributed by atoms with E-state index in [1.165, 1.54) is 5.56 Å². The maximum absolute atomic E-state index is 9.54. The van der Waals surface area contributed by atoms with E-state index in [0.717, 1.165) is 31.4 Å². The van der Waals surface area contributed by atoms with Gasteiger partial charge in [-0.1, -0.05) is 0 Å². The number of aliphatic hydroxyl groups is 1. The molecule has 1 saturated carbocycles. The van der Waals surface area contributed by atoms with Crippen molar-refractivity contribution in [1.82, 2.24) is 0 Å². The van der Waals surface area contributed by atoms with Gasteiger partial charge < -0.3 is 15.3 Å². The molecule has 0 atom stereocenters. The Balaban J connectivity index is 2.26. The summed E-state index contributed by atoms with van der Waals surface area (Å²) in [6, 6.07) is 2.03. The number of aryl methyl sites for hydroxylation is 1. The molecule has 0 unspecified atom stereocenters. The largest absolute Gasteiger partial charge is 0.469 e. The van der Waals surface area contributed by atoms with Crippen LogP contribution in [0.25, 0.3) is 0 Å². The van der Waals surface area contributed by atoms with Gasteiger partial charge in [0.05, 0.1) is 12.4 Å². The summed E-state index contributed by atoms with van der Waals surface area (Å²) in [5.41, 5.74) is 7.19. The minimum atomic E-state index is -0.142. The molecule has 2 rings (SSSR count). The van der Waals surface area contributed by atoms with Crippen LogP contribution in [0, 0.1) is 6.92 Å². The van der Waals surface area contributed by atoms with E-state index >= 15 is 0 Å². The first kappa shape index (κ1) is 10.7. The second-order valence-electron chi connectivity index (χ2n) is 4.61. The zero-order valence-corrected chi connectivity index (χ0v) is 9.20. The molecule has 0 saturated heterocycles. The van der Waals surface area contributed by atoms with Crippen LogP contribution in [-0.2, 0) is 5.41 Å². The zero-order valence-electron chi connectivity index (χ0n) is 9.20. The van der Waals surface area contributed by atoms with E-state index in [2.05, 4.69) is 0 Å². The summed E-state index contributed by atoms with van der Waals surface area (Å²) in [4.78, 5) is 0. The van der Waals surface area contributed by atoms with Crippen LogP contribution in [0.3, 0.4) is 0 Å². The normalized spacial score (nSPS) is 31.8. The van der Waals surface area contributed by atoms with Crippen LogP contribution in [-0.4, -0.2) is 17.8 Å². The van der Waals surface area contributed by atoms with E-state index < -0.39 is 0 Å². The molecule has 0 spiro atoms. The third-order valence-electron chi connectivity index (χ3n) is 3.73. The molecule has 0 aromatic carbocycles. The van der Waals surface area contributed by atoms with Gasteiger partial charge in [0, 0.05) is 17.5 Å². The number of rotatable bonds is 2. The standard InChI is InChI=1S/C12H19NO2/c1-9-11(4-7-15-9)12(8-13)5-2-10(14)3-6-12/h4,7,10,14H,2-3,5-6,8,13H2,1H3. The lowest BCUT2D eigenvalue weighted by Gasteiger charge is -2.38. The molecule has 1 heterocycles. The van der Waals surface area contributed by atoms with Crippen LogP contribution in [0.2, 0.25) is 0 Å². The summed E-state index contributed by atoms with van der Waals surface area (Å²) in [6.07, 6.45) is 5.21. The van der Waals surface area contributed by atoms with Gasteiger partial charge in [-0.05, 0) is 38.7 Å². The lowest BCUT2D eigenvalue weighted by atomic mass is 9.69. The Morgan fingerprint density at radius 2 is 2.20 bits per heavy atom. The molecule has 0 amide bonds. The summed E-state index contributed by atoms with van der Waals surface area (Å²) in [6.45, 7) is 2.62. The highest BCUT2D eigenvalue weighted by atomic mass is 16.3. The molecular formula is C12H19NO2. The summed E-state index contributed by atoms with van der Waals surface area (Å²) in [5.74, 6) is 0.969. The van der Waals surface area contributed by atoms with Gasteiger partial charge in [-0.25, -0.2) is 0 Å². The van der Waals surface area contributed by atoms with Gasteiger partial charge in [0.1, 0.15) is 5.76 Å². The molecule has 0 aliphatic heterocycles. The number of furan rings is 1. The van der Waals surface area contributed by atoms with E-state index in [-0.39, 0.29) is 11.5 Å². The summed E-state index contributed by atoms with van der Waals surface area (Å²) >= 11 is 0. The SMILES string of the molecule is Cc1occc1C1(CN)CCC(O)CC1. The Labute approximate surface area is 90.3 Å². The smallest absolute Gasteiger partial charge is 0.104 e. The summed E-state index contributed by atoms with van der Waals surface area (Å²) in [7, 11) is 0. The van der Waals surface area contributed by atoms with Gasteiger partial charge in [0.15, 0.2) is 0 Å². The van der Waals surface area contributed by atoms with Crippen LogP contribution in [0.4, 0.5) is 0 Å². The summed E-state index contributed by atoms with van der Waals surface area (Å²) in [5, 5.41) is 9.54. The van der Waals surface area contributed by atoms with Gasteiger partial charge >= 0.3 is 0 Å². The fourth-order valence-corrected chi connectivity index (χ4v) is 2.67. The van der Waals surface area contributed by atoms with Gasteiger partial charge in [-0.15, -0.1) is 0 Å². The minimum absolute atomic E-state index is 0.0380. The molecule has 0 radical (unpaired) electrons. The second-order valence-corrected chi connectivity index (χ2v) is 4.61. The van der Waals surface area contributed by atoms with Crippen molar-refractivity contribution in [2.45, 2.75) is 44.1 Å². The topological polar surface area (TPSA) is 59.4 Å². The van der Waals surface area contributed by atoms with Crippen molar-refractivity contribution in [3.05, 3.63) is 23.7 Å². The predicted molar refractivity (Wildman–Crippen MR) is 58.7 cm³/mol. The Kier molecular flexibility index (Phi) is 2.85. The van der Waals surface area contributed by atoms with Gasteiger partial charge in [0.2, 0.25) is 0 Å². The average molecular weight is 209 g/mol. The maximum atomic E-state index is 9.54. The lowest BCUT2D eigenvalue weighted by molar-refractivity contribution is 0.0970. The highest BCUT2D eigenvalue weighted by Crippen LogP contribution is 2.40. The fourth-order valence-electron chi connectivity index (χ4n) is 2.67. The molecule has 3 N–H and O–H groups in total. The number of hydrogen-bond acceptors (Lipinski definition) is 3. The van der Waals surface area contributed by atoms with Crippen molar-refractivity contribution < 1.29 is 9.52 Å². The third-order valence-corrected chi connectivity index (χ3v) is 3.73. The van der Waals surface area contributed by atoms with Crippen molar-refractivity contribution in [2.24, 2.45) is 5.73 Å². The van der Waals surface area contributed by atoms with Crippen LogP contribution in [0.15, 0.2) is 16.7 Å². The van der Waals surface area contributed by atoms with Crippen molar-refractivity contribution >= 4 is 0 Å². The second kappa shape index (κ2) is 3.99. The highest BCUT2D eigenvalue weighted by molar-refractivity contribution is 5.28. The van der Waals surface area contributed by atoms with Gasteiger partial charge in [-0.2, -0.15) is 0 Å². The van der Waals surface area contributed by atoms with E-state index in [1.807, 2.05) is 13.0 Å². The molecular weight excluding hydrogens is 190 g/mol. The molecule has 3 heteroatoms. The number of nitrogens with two attached hydrogens (primary N) is 1. The minimum Gasteiger partial charge on any atom is -0.469 e. The first-order valence-corrected chi connectivity index (χ1v) is 5.61.